The van der Waals surface area contributed by atoms with Crippen LogP contribution in [0.5, 0.6) is 0 Å². The van der Waals surface area contributed by atoms with Crippen LogP contribution >= 0.6 is 23.2 Å². The molecule has 0 N–H and O–H groups in total. The van der Waals surface area contributed by atoms with Crippen LogP contribution in [0, 0.1) is 0 Å². The molecule has 0 spiro atoms. The molecule has 0 saturated carbocycles. The van der Waals surface area contributed by atoms with Crippen molar-refractivity contribution in [1.29, 1.82) is 0 Å². The molecular formula is C18H19Cl2NO4S2. The maximum Gasteiger partial charge on any atom is 0.218 e. The van der Waals surface area contributed by atoms with E-state index >= 15 is 0 Å². The third-order valence-electron chi connectivity index (χ3n) is 4.61. The molecule has 3 rings (SSSR count). The van der Waals surface area contributed by atoms with Crippen molar-refractivity contribution in [3.05, 3.63) is 69.7 Å². The number of sulfone groups is 1. The first-order valence-electron chi connectivity index (χ1n) is 8.37. The van der Waals surface area contributed by atoms with Gasteiger partial charge in [-0.05, 0) is 35.7 Å². The molecule has 2 aromatic carbocycles. The van der Waals surface area contributed by atoms with Crippen LogP contribution in [0.3, 0.4) is 0 Å². The number of hydrogen-bond acceptors (Lipinski definition) is 4. The lowest BCUT2D eigenvalue weighted by atomic mass is 10.1. The molecule has 1 aliphatic heterocycles. The van der Waals surface area contributed by atoms with Crippen LogP contribution in [0.1, 0.15) is 22.8 Å². The molecule has 1 fully saturated rings. The van der Waals surface area contributed by atoms with Crippen molar-refractivity contribution >= 4 is 43.1 Å². The van der Waals surface area contributed by atoms with E-state index in [0.717, 1.165) is 0 Å². The number of halogens is 2. The monoisotopic (exact) mass is 447 g/mol. The lowest BCUT2D eigenvalue weighted by Gasteiger charge is -2.20. The Morgan fingerprint density at radius 3 is 2.33 bits per heavy atom. The van der Waals surface area contributed by atoms with E-state index in [1.54, 1.807) is 48.5 Å². The van der Waals surface area contributed by atoms with Crippen LogP contribution in [-0.2, 0) is 25.6 Å². The molecule has 5 nitrogen and oxygen atoms in total. The van der Waals surface area contributed by atoms with Crippen LogP contribution in [0.25, 0.3) is 0 Å². The average Bonchev–Trinajstić information content (AvgIpc) is 2.76. The number of rotatable bonds is 4. The minimum absolute atomic E-state index is 0.0563. The molecule has 1 aliphatic rings. The molecule has 9 heteroatoms. The fourth-order valence-electron chi connectivity index (χ4n) is 3.17. The van der Waals surface area contributed by atoms with Crippen molar-refractivity contribution in [3.8, 4) is 0 Å². The summed E-state index contributed by atoms with van der Waals surface area (Å²) in [5.41, 5.74) is 1.13. The zero-order valence-electron chi connectivity index (χ0n) is 14.4. The number of benzene rings is 2. The molecule has 0 aromatic heterocycles. The Bertz CT molecular complexity index is 1020. The molecule has 1 atom stereocenters. The van der Waals surface area contributed by atoms with Crippen molar-refractivity contribution in [2.24, 2.45) is 0 Å². The van der Waals surface area contributed by atoms with Crippen LogP contribution in [0.4, 0.5) is 0 Å². The fourth-order valence-corrected chi connectivity index (χ4v) is 7.11. The molecule has 27 heavy (non-hydrogen) atoms. The number of hydrogen-bond donors (Lipinski definition) is 0. The summed E-state index contributed by atoms with van der Waals surface area (Å²) in [7, 11) is -7.16. The molecule has 2 aromatic rings. The highest BCUT2D eigenvalue weighted by Crippen LogP contribution is 2.34. The molecular weight excluding hydrogens is 429 g/mol. The maximum atomic E-state index is 12.8. The van der Waals surface area contributed by atoms with E-state index in [4.69, 9.17) is 23.2 Å². The number of sulfonamides is 1. The average molecular weight is 448 g/mol. The topological polar surface area (TPSA) is 71.5 Å². The Morgan fingerprint density at radius 1 is 1.00 bits per heavy atom. The van der Waals surface area contributed by atoms with Gasteiger partial charge in [-0.1, -0.05) is 53.5 Å². The predicted molar refractivity (Wildman–Crippen MR) is 108 cm³/mol. The smallest absolute Gasteiger partial charge is 0.218 e. The summed E-state index contributed by atoms with van der Waals surface area (Å²) in [6.45, 7) is 0.0737. The maximum absolute atomic E-state index is 12.8. The van der Waals surface area contributed by atoms with Crippen molar-refractivity contribution < 1.29 is 16.8 Å². The second-order valence-corrected chi connectivity index (χ2v) is 11.6. The summed E-state index contributed by atoms with van der Waals surface area (Å²) < 4.78 is 52.3. The van der Waals surface area contributed by atoms with Gasteiger partial charge in [0.1, 0.15) is 0 Å². The van der Waals surface area contributed by atoms with Gasteiger partial charge in [0.25, 0.3) is 0 Å². The van der Waals surface area contributed by atoms with Gasteiger partial charge in [0.2, 0.25) is 10.0 Å². The lowest BCUT2D eigenvalue weighted by Crippen LogP contribution is -2.34. The largest absolute Gasteiger partial charge is 0.228 e. The molecule has 146 valence electrons. The Hall–Kier alpha value is -1.12. The third-order valence-corrected chi connectivity index (χ3v) is 9.16. The van der Waals surface area contributed by atoms with Crippen molar-refractivity contribution in [1.82, 2.24) is 4.31 Å². The summed E-state index contributed by atoms with van der Waals surface area (Å²) >= 11 is 12.0. The van der Waals surface area contributed by atoms with Gasteiger partial charge < -0.3 is 0 Å². The fraction of sp³-hybridized carbons (Fsp3) is 0.333. The van der Waals surface area contributed by atoms with Gasteiger partial charge >= 0.3 is 0 Å². The second kappa shape index (κ2) is 8.09. The van der Waals surface area contributed by atoms with Crippen molar-refractivity contribution in [2.75, 3.05) is 18.8 Å². The first kappa shape index (κ1) is 20.6. The Labute approximate surface area is 169 Å². The van der Waals surface area contributed by atoms with Crippen LogP contribution < -0.4 is 0 Å². The predicted octanol–water partition coefficient (Wildman–Crippen LogP) is 3.69. The van der Waals surface area contributed by atoms with E-state index in [2.05, 4.69) is 0 Å². The normalized spacial score (nSPS) is 20.9. The van der Waals surface area contributed by atoms with E-state index in [-0.39, 0.29) is 31.0 Å². The lowest BCUT2D eigenvalue weighted by molar-refractivity contribution is 0.427. The molecule has 0 amide bonds. The SMILES string of the molecule is O=S1(=O)CCN(S(=O)(=O)Cc2ccc(Cl)cc2)CCC1c1ccccc1Cl. The summed E-state index contributed by atoms with van der Waals surface area (Å²) in [5.74, 6) is -0.427. The Morgan fingerprint density at radius 2 is 1.67 bits per heavy atom. The molecule has 1 unspecified atom stereocenters. The van der Waals surface area contributed by atoms with Gasteiger partial charge in [0.15, 0.2) is 9.84 Å². The van der Waals surface area contributed by atoms with Gasteiger partial charge in [0.05, 0.1) is 16.8 Å². The highest BCUT2D eigenvalue weighted by molar-refractivity contribution is 7.92. The minimum Gasteiger partial charge on any atom is -0.228 e. The summed E-state index contributed by atoms with van der Waals surface area (Å²) in [5, 5.41) is 0.102. The zero-order chi connectivity index (χ0) is 19.7. The molecule has 0 bridgehead atoms. The standard InChI is InChI=1S/C18H19Cl2NO4S2/c19-15-7-5-14(6-8-15)13-27(24,25)21-10-9-18(26(22,23)12-11-21)16-3-1-2-4-17(16)20/h1-8,18H,9-13H2. The summed E-state index contributed by atoms with van der Waals surface area (Å²) in [4.78, 5) is 0. The molecule has 0 aliphatic carbocycles. The Balaban J connectivity index is 1.82. The van der Waals surface area contributed by atoms with Crippen molar-refractivity contribution in [3.63, 3.8) is 0 Å². The molecule has 0 radical (unpaired) electrons. The van der Waals surface area contributed by atoms with E-state index in [0.29, 0.717) is 21.2 Å². The third kappa shape index (κ3) is 4.84. The van der Waals surface area contributed by atoms with Crippen LogP contribution in [0.15, 0.2) is 48.5 Å². The van der Waals surface area contributed by atoms with E-state index in [1.165, 1.54) is 4.31 Å². The van der Waals surface area contributed by atoms with Gasteiger partial charge in [0, 0.05) is 23.1 Å². The highest BCUT2D eigenvalue weighted by atomic mass is 35.5. The van der Waals surface area contributed by atoms with Crippen LogP contribution in [-0.4, -0.2) is 40.0 Å². The highest BCUT2D eigenvalue weighted by Gasteiger charge is 2.35. The van der Waals surface area contributed by atoms with E-state index in [9.17, 15) is 16.8 Å². The first-order chi connectivity index (χ1) is 12.7. The second-order valence-electron chi connectivity index (χ2n) is 6.45. The van der Waals surface area contributed by atoms with Gasteiger partial charge in [-0.3, -0.25) is 0 Å². The van der Waals surface area contributed by atoms with Crippen LogP contribution in [0.2, 0.25) is 10.0 Å². The molecule has 1 heterocycles. The van der Waals surface area contributed by atoms with Crippen molar-refractivity contribution in [2.45, 2.75) is 17.4 Å². The summed E-state index contributed by atoms with van der Waals surface area (Å²) in [6, 6.07) is 13.4. The summed E-state index contributed by atoms with van der Waals surface area (Å²) in [6.07, 6.45) is 0.173. The minimum atomic E-state index is -3.65. The number of nitrogens with zero attached hydrogens (tertiary/aromatic N) is 1. The van der Waals surface area contributed by atoms with E-state index in [1.807, 2.05) is 0 Å². The quantitative estimate of drug-likeness (QED) is 0.716. The van der Waals surface area contributed by atoms with Gasteiger partial charge in [-0.25, -0.2) is 21.1 Å². The van der Waals surface area contributed by atoms with Gasteiger partial charge in [-0.15, -0.1) is 0 Å². The van der Waals surface area contributed by atoms with E-state index < -0.39 is 25.1 Å². The Kier molecular flexibility index (Phi) is 6.17. The molecule has 1 saturated heterocycles. The van der Waals surface area contributed by atoms with Gasteiger partial charge in [-0.2, -0.15) is 0 Å². The first-order valence-corrected chi connectivity index (χ1v) is 12.5. The zero-order valence-corrected chi connectivity index (χ0v) is 17.5.